The fourth-order valence-corrected chi connectivity index (χ4v) is 4.32. The highest BCUT2D eigenvalue weighted by Gasteiger charge is 2.33. The second-order valence-corrected chi connectivity index (χ2v) is 6.84. The SMILES string of the molecule is Cc1ccc(S(=O)(=O)N2CCNCC2CN)c(C)c1. The van der Waals surface area contributed by atoms with Crippen LogP contribution in [0.4, 0.5) is 0 Å². The molecule has 1 fully saturated rings. The highest BCUT2D eigenvalue weighted by Crippen LogP contribution is 2.23. The molecule has 1 unspecified atom stereocenters. The number of hydrogen-bond acceptors (Lipinski definition) is 4. The summed E-state index contributed by atoms with van der Waals surface area (Å²) in [7, 11) is -3.46. The van der Waals surface area contributed by atoms with E-state index in [4.69, 9.17) is 5.73 Å². The fourth-order valence-electron chi connectivity index (χ4n) is 2.47. The lowest BCUT2D eigenvalue weighted by Gasteiger charge is -2.34. The molecule has 0 aromatic heterocycles. The number of hydrogen-bond donors (Lipinski definition) is 2. The summed E-state index contributed by atoms with van der Waals surface area (Å²) in [5, 5.41) is 3.18. The van der Waals surface area contributed by atoms with Crippen LogP contribution in [-0.2, 0) is 10.0 Å². The third-order valence-corrected chi connectivity index (χ3v) is 5.60. The highest BCUT2D eigenvalue weighted by molar-refractivity contribution is 7.89. The summed E-state index contributed by atoms with van der Waals surface area (Å²) in [5.41, 5.74) is 7.53. The van der Waals surface area contributed by atoms with E-state index in [1.807, 2.05) is 26.0 Å². The van der Waals surface area contributed by atoms with Crippen LogP contribution in [0.2, 0.25) is 0 Å². The van der Waals surface area contributed by atoms with E-state index in [0.29, 0.717) is 31.1 Å². The van der Waals surface area contributed by atoms with Gasteiger partial charge >= 0.3 is 0 Å². The Morgan fingerprint density at radius 2 is 2.16 bits per heavy atom. The maximum absolute atomic E-state index is 12.7. The molecule has 0 spiro atoms. The predicted molar refractivity (Wildman–Crippen MR) is 75.5 cm³/mol. The summed E-state index contributed by atoms with van der Waals surface area (Å²) >= 11 is 0. The van der Waals surface area contributed by atoms with Crippen molar-refractivity contribution in [3.05, 3.63) is 29.3 Å². The standard InChI is InChI=1S/C13H21N3O2S/c1-10-3-4-13(11(2)7-10)19(17,18)16-6-5-15-9-12(16)8-14/h3-4,7,12,15H,5-6,8-9,14H2,1-2H3. The third-order valence-electron chi connectivity index (χ3n) is 3.49. The Morgan fingerprint density at radius 3 is 2.79 bits per heavy atom. The van der Waals surface area contributed by atoms with Crippen molar-refractivity contribution in [2.45, 2.75) is 24.8 Å². The molecular formula is C13H21N3O2S. The lowest BCUT2D eigenvalue weighted by atomic mass is 10.2. The first-order valence-electron chi connectivity index (χ1n) is 6.46. The van der Waals surface area contributed by atoms with Gasteiger partial charge in [0.25, 0.3) is 0 Å². The molecule has 0 bridgehead atoms. The molecule has 1 atom stereocenters. The van der Waals surface area contributed by atoms with Gasteiger partial charge in [-0.15, -0.1) is 0 Å². The molecule has 106 valence electrons. The Balaban J connectivity index is 2.40. The molecule has 0 saturated carbocycles. The van der Waals surface area contributed by atoms with Gasteiger partial charge in [-0.2, -0.15) is 4.31 Å². The average Bonchev–Trinajstić information content (AvgIpc) is 2.38. The second kappa shape index (κ2) is 5.58. The number of nitrogens with one attached hydrogen (secondary N) is 1. The van der Waals surface area contributed by atoms with E-state index in [1.165, 1.54) is 4.31 Å². The molecule has 0 aliphatic carbocycles. The van der Waals surface area contributed by atoms with Gasteiger partial charge in [0.2, 0.25) is 10.0 Å². The summed E-state index contributed by atoms with van der Waals surface area (Å²) in [4.78, 5) is 0.387. The quantitative estimate of drug-likeness (QED) is 0.832. The summed E-state index contributed by atoms with van der Waals surface area (Å²) < 4.78 is 27.0. The third kappa shape index (κ3) is 2.81. The topological polar surface area (TPSA) is 75.4 Å². The monoisotopic (exact) mass is 283 g/mol. The molecule has 3 N–H and O–H groups in total. The van der Waals surface area contributed by atoms with E-state index < -0.39 is 10.0 Å². The fraction of sp³-hybridized carbons (Fsp3) is 0.538. The smallest absolute Gasteiger partial charge is 0.243 e. The Labute approximate surface area is 114 Å². The van der Waals surface area contributed by atoms with Crippen molar-refractivity contribution in [3.8, 4) is 0 Å². The number of rotatable bonds is 3. The number of benzene rings is 1. The van der Waals surface area contributed by atoms with Crippen molar-refractivity contribution < 1.29 is 8.42 Å². The first kappa shape index (κ1) is 14.5. The van der Waals surface area contributed by atoms with E-state index in [9.17, 15) is 8.42 Å². The van der Waals surface area contributed by atoms with Crippen LogP contribution < -0.4 is 11.1 Å². The van der Waals surface area contributed by atoms with Gasteiger partial charge in [0.05, 0.1) is 4.90 Å². The van der Waals surface area contributed by atoms with Crippen LogP contribution in [0.1, 0.15) is 11.1 Å². The van der Waals surface area contributed by atoms with Gasteiger partial charge in [0.15, 0.2) is 0 Å². The minimum absolute atomic E-state index is 0.167. The molecule has 1 aliphatic heterocycles. The van der Waals surface area contributed by atoms with Gasteiger partial charge < -0.3 is 11.1 Å². The van der Waals surface area contributed by atoms with Crippen LogP contribution in [-0.4, -0.2) is 44.9 Å². The van der Waals surface area contributed by atoms with E-state index in [-0.39, 0.29) is 6.04 Å². The van der Waals surface area contributed by atoms with E-state index in [2.05, 4.69) is 5.32 Å². The summed E-state index contributed by atoms with van der Waals surface area (Å²) in [6, 6.07) is 5.25. The van der Waals surface area contributed by atoms with Crippen LogP contribution in [0.25, 0.3) is 0 Å². The van der Waals surface area contributed by atoms with Crippen LogP contribution in [0, 0.1) is 13.8 Å². The van der Waals surface area contributed by atoms with Crippen molar-refractivity contribution >= 4 is 10.0 Å². The number of nitrogens with zero attached hydrogens (tertiary/aromatic N) is 1. The van der Waals surface area contributed by atoms with Crippen LogP contribution in [0.5, 0.6) is 0 Å². The van der Waals surface area contributed by atoms with Gasteiger partial charge in [0.1, 0.15) is 0 Å². The number of sulfonamides is 1. The molecule has 1 aromatic carbocycles. The lowest BCUT2D eigenvalue weighted by Crippen LogP contribution is -2.56. The first-order valence-corrected chi connectivity index (χ1v) is 7.90. The molecular weight excluding hydrogens is 262 g/mol. The molecule has 1 aromatic rings. The van der Waals surface area contributed by atoms with Crippen LogP contribution in [0.15, 0.2) is 23.1 Å². The summed E-state index contributed by atoms with van der Waals surface area (Å²) in [5.74, 6) is 0. The van der Waals surface area contributed by atoms with Crippen molar-refractivity contribution in [1.29, 1.82) is 0 Å². The summed E-state index contributed by atoms with van der Waals surface area (Å²) in [6.45, 7) is 5.87. The molecule has 19 heavy (non-hydrogen) atoms. The molecule has 1 aliphatic rings. The average molecular weight is 283 g/mol. The van der Waals surface area contributed by atoms with Gasteiger partial charge in [-0.3, -0.25) is 0 Å². The molecule has 1 saturated heterocycles. The lowest BCUT2D eigenvalue weighted by molar-refractivity contribution is 0.272. The van der Waals surface area contributed by atoms with E-state index in [1.54, 1.807) is 6.07 Å². The predicted octanol–water partition coefficient (Wildman–Crippen LogP) is 0.225. The molecule has 5 nitrogen and oxygen atoms in total. The molecule has 6 heteroatoms. The minimum Gasteiger partial charge on any atom is -0.329 e. The first-order chi connectivity index (χ1) is 8.96. The van der Waals surface area contributed by atoms with Gasteiger partial charge in [-0.25, -0.2) is 8.42 Å². The molecule has 0 radical (unpaired) electrons. The Morgan fingerprint density at radius 1 is 1.42 bits per heavy atom. The normalized spacial score (nSPS) is 21.5. The zero-order valence-electron chi connectivity index (χ0n) is 11.4. The van der Waals surface area contributed by atoms with Crippen molar-refractivity contribution in [2.24, 2.45) is 5.73 Å². The van der Waals surface area contributed by atoms with Gasteiger partial charge in [-0.05, 0) is 25.5 Å². The molecule has 2 rings (SSSR count). The minimum atomic E-state index is -3.46. The van der Waals surface area contributed by atoms with Gasteiger partial charge in [0, 0.05) is 32.2 Å². The Kier molecular flexibility index (Phi) is 4.25. The van der Waals surface area contributed by atoms with Gasteiger partial charge in [-0.1, -0.05) is 17.7 Å². The molecule has 0 amide bonds. The maximum atomic E-state index is 12.7. The zero-order valence-corrected chi connectivity index (χ0v) is 12.2. The van der Waals surface area contributed by atoms with E-state index >= 15 is 0 Å². The summed E-state index contributed by atoms with van der Waals surface area (Å²) in [6.07, 6.45) is 0. The van der Waals surface area contributed by atoms with Crippen molar-refractivity contribution in [1.82, 2.24) is 9.62 Å². The highest BCUT2D eigenvalue weighted by atomic mass is 32.2. The Hall–Kier alpha value is -0.950. The Bertz CT molecular complexity index is 557. The second-order valence-electron chi connectivity index (χ2n) is 4.98. The zero-order chi connectivity index (χ0) is 14.0. The number of piperazine rings is 1. The van der Waals surface area contributed by atoms with Crippen LogP contribution >= 0.6 is 0 Å². The maximum Gasteiger partial charge on any atom is 0.243 e. The number of nitrogens with two attached hydrogens (primary N) is 1. The van der Waals surface area contributed by atoms with Crippen molar-refractivity contribution in [3.63, 3.8) is 0 Å². The largest absolute Gasteiger partial charge is 0.329 e. The number of aryl methyl sites for hydroxylation is 2. The van der Waals surface area contributed by atoms with Crippen molar-refractivity contribution in [2.75, 3.05) is 26.2 Å². The van der Waals surface area contributed by atoms with E-state index in [0.717, 1.165) is 11.1 Å². The molecule has 1 heterocycles. The van der Waals surface area contributed by atoms with Crippen LogP contribution in [0.3, 0.4) is 0 Å².